The van der Waals surface area contributed by atoms with E-state index in [-0.39, 0.29) is 0 Å². The van der Waals surface area contributed by atoms with Crippen molar-refractivity contribution in [2.75, 3.05) is 19.7 Å². The summed E-state index contributed by atoms with van der Waals surface area (Å²) < 4.78 is 0. The van der Waals surface area contributed by atoms with Crippen LogP contribution >= 0.6 is 0 Å². The van der Waals surface area contributed by atoms with Gasteiger partial charge in [0.1, 0.15) is 0 Å². The first kappa shape index (κ1) is 10.7. The number of hydrogen-bond donors (Lipinski definition) is 1. The van der Waals surface area contributed by atoms with Crippen LogP contribution in [0.5, 0.6) is 0 Å². The molecule has 1 aromatic carbocycles. The Morgan fingerprint density at radius 2 is 2.07 bits per heavy atom. The maximum absolute atomic E-state index is 8.88. The lowest BCUT2D eigenvalue weighted by atomic mass is 10.1. The summed E-state index contributed by atoms with van der Waals surface area (Å²) in [5.41, 5.74) is 1.39. The zero-order valence-electron chi connectivity index (χ0n) is 9.10. The predicted molar refractivity (Wildman–Crippen MR) is 61.5 cm³/mol. The van der Waals surface area contributed by atoms with E-state index < -0.39 is 0 Å². The molecule has 1 atom stereocenters. The van der Waals surface area contributed by atoms with Crippen molar-refractivity contribution in [3.8, 4) is 0 Å². The van der Waals surface area contributed by atoms with Gasteiger partial charge in [-0.05, 0) is 30.9 Å². The third kappa shape index (κ3) is 3.05. The summed E-state index contributed by atoms with van der Waals surface area (Å²) in [4.78, 5) is 2.48. The van der Waals surface area contributed by atoms with Gasteiger partial charge >= 0.3 is 0 Å². The summed E-state index contributed by atoms with van der Waals surface area (Å²) in [7, 11) is 0. The van der Waals surface area contributed by atoms with Crippen LogP contribution in [0.1, 0.15) is 18.4 Å². The number of benzene rings is 1. The molecule has 0 saturated carbocycles. The smallest absolute Gasteiger partial charge is 0.0434 e. The maximum atomic E-state index is 8.88. The third-order valence-corrected chi connectivity index (χ3v) is 3.16. The first-order valence-electron chi connectivity index (χ1n) is 5.75. The number of aliphatic hydroxyl groups is 1. The molecule has 0 spiro atoms. The summed E-state index contributed by atoms with van der Waals surface area (Å²) >= 11 is 0. The van der Waals surface area contributed by atoms with Crippen molar-refractivity contribution in [3.63, 3.8) is 0 Å². The van der Waals surface area contributed by atoms with E-state index in [2.05, 4.69) is 35.2 Å². The van der Waals surface area contributed by atoms with Crippen LogP contribution in [0.25, 0.3) is 0 Å². The predicted octanol–water partition coefficient (Wildman–Crippen LogP) is 1.89. The molecule has 0 aromatic heterocycles. The molecule has 1 fully saturated rings. The summed E-state index contributed by atoms with van der Waals surface area (Å²) in [5, 5.41) is 8.88. The standard InChI is InChI=1S/C13H19NO/c15-9-7-13-6-8-14(11-13)10-12-4-2-1-3-5-12/h1-5,13,15H,6-11H2/t13-/m0/s1. The molecule has 82 valence electrons. The number of likely N-dealkylation sites (tertiary alicyclic amines) is 1. The first-order chi connectivity index (χ1) is 7.38. The van der Waals surface area contributed by atoms with E-state index in [1.807, 2.05) is 0 Å². The van der Waals surface area contributed by atoms with Crippen LogP contribution in [-0.4, -0.2) is 29.7 Å². The highest BCUT2D eigenvalue weighted by Crippen LogP contribution is 2.20. The molecule has 1 aliphatic rings. The SMILES string of the molecule is OCC[C@@H]1CCN(Cc2ccccc2)C1. The van der Waals surface area contributed by atoms with E-state index in [4.69, 9.17) is 5.11 Å². The van der Waals surface area contributed by atoms with Gasteiger partial charge in [-0.15, -0.1) is 0 Å². The molecule has 0 bridgehead atoms. The Hall–Kier alpha value is -0.860. The molecule has 2 nitrogen and oxygen atoms in total. The van der Waals surface area contributed by atoms with Crippen LogP contribution in [-0.2, 0) is 6.54 Å². The van der Waals surface area contributed by atoms with E-state index >= 15 is 0 Å². The quantitative estimate of drug-likeness (QED) is 0.811. The van der Waals surface area contributed by atoms with Gasteiger partial charge in [0.05, 0.1) is 0 Å². The molecule has 1 aromatic rings. The molecule has 2 rings (SSSR count). The van der Waals surface area contributed by atoms with Gasteiger partial charge in [0.25, 0.3) is 0 Å². The average Bonchev–Trinajstić information content (AvgIpc) is 2.68. The molecule has 1 N–H and O–H groups in total. The second-order valence-corrected chi connectivity index (χ2v) is 4.39. The van der Waals surface area contributed by atoms with Crippen LogP contribution in [0.3, 0.4) is 0 Å². The minimum absolute atomic E-state index is 0.337. The number of hydrogen-bond acceptors (Lipinski definition) is 2. The highest BCUT2D eigenvalue weighted by atomic mass is 16.3. The van der Waals surface area contributed by atoms with E-state index in [1.165, 1.54) is 18.5 Å². The molecule has 2 heteroatoms. The fourth-order valence-electron chi connectivity index (χ4n) is 2.32. The normalized spacial score (nSPS) is 22.1. The van der Waals surface area contributed by atoms with Crippen LogP contribution < -0.4 is 0 Å². The van der Waals surface area contributed by atoms with Gasteiger partial charge in [-0.25, -0.2) is 0 Å². The van der Waals surface area contributed by atoms with Gasteiger partial charge in [0.2, 0.25) is 0 Å². The second kappa shape index (κ2) is 5.29. The lowest BCUT2D eigenvalue weighted by Crippen LogP contribution is -2.20. The van der Waals surface area contributed by atoms with Gasteiger partial charge in [0.15, 0.2) is 0 Å². The zero-order chi connectivity index (χ0) is 10.5. The van der Waals surface area contributed by atoms with Crippen LogP contribution in [0.15, 0.2) is 30.3 Å². The Labute approximate surface area is 91.5 Å². The molecular formula is C13H19NO. The lowest BCUT2D eigenvalue weighted by Gasteiger charge is -2.15. The van der Waals surface area contributed by atoms with Gasteiger partial charge < -0.3 is 5.11 Å². The van der Waals surface area contributed by atoms with E-state index in [1.54, 1.807) is 0 Å². The Morgan fingerprint density at radius 3 is 2.80 bits per heavy atom. The Kier molecular flexibility index (Phi) is 3.75. The maximum Gasteiger partial charge on any atom is 0.0434 e. The molecule has 15 heavy (non-hydrogen) atoms. The Balaban J connectivity index is 1.82. The topological polar surface area (TPSA) is 23.5 Å². The zero-order valence-corrected chi connectivity index (χ0v) is 9.10. The van der Waals surface area contributed by atoms with E-state index in [9.17, 15) is 0 Å². The van der Waals surface area contributed by atoms with E-state index in [0.29, 0.717) is 12.5 Å². The van der Waals surface area contributed by atoms with Crippen molar-refractivity contribution >= 4 is 0 Å². The molecular weight excluding hydrogens is 186 g/mol. The summed E-state index contributed by atoms with van der Waals surface area (Å²) in [5.74, 6) is 0.707. The van der Waals surface area contributed by atoms with Gasteiger partial charge in [-0.1, -0.05) is 30.3 Å². The minimum Gasteiger partial charge on any atom is -0.396 e. The van der Waals surface area contributed by atoms with Crippen LogP contribution in [0, 0.1) is 5.92 Å². The highest BCUT2D eigenvalue weighted by Gasteiger charge is 2.21. The number of rotatable bonds is 4. The van der Waals surface area contributed by atoms with Crippen LogP contribution in [0.4, 0.5) is 0 Å². The van der Waals surface area contributed by atoms with Crippen molar-refractivity contribution < 1.29 is 5.11 Å². The fraction of sp³-hybridized carbons (Fsp3) is 0.538. The molecule has 0 aliphatic carbocycles. The van der Waals surface area contributed by atoms with Crippen molar-refractivity contribution in [2.24, 2.45) is 5.92 Å². The van der Waals surface area contributed by atoms with Crippen molar-refractivity contribution in [2.45, 2.75) is 19.4 Å². The third-order valence-electron chi connectivity index (χ3n) is 3.16. The van der Waals surface area contributed by atoms with E-state index in [0.717, 1.165) is 19.5 Å². The van der Waals surface area contributed by atoms with Crippen molar-refractivity contribution in [3.05, 3.63) is 35.9 Å². The second-order valence-electron chi connectivity index (χ2n) is 4.39. The molecule has 0 radical (unpaired) electrons. The van der Waals surface area contributed by atoms with Crippen molar-refractivity contribution in [1.29, 1.82) is 0 Å². The summed E-state index contributed by atoms with van der Waals surface area (Å²) in [6, 6.07) is 10.6. The Bertz CT molecular complexity index is 286. The first-order valence-corrected chi connectivity index (χ1v) is 5.75. The van der Waals surface area contributed by atoms with Gasteiger partial charge in [-0.2, -0.15) is 0 Å². The highest BCUT2D eigenvalue weighted by molar-refractivity contribution is 5.14. The fourth-order valence-corrected chi connectivity index (χ4v) is 2.32. The summed E-state index contributed by atoms with van der Waals surface area (Å²) in [6.45, 7) is 3.72. The monoisotopic (exact) mass is 205 g/mol. The molecule has 0 unspecified atom stereocenters. The number of aliphatic hydroxyl groups excluding tert-OH is 1. The molecule has 1 heterocycles. The largest absolute Gasteiger partial charge is 0.396 e. The molecule has 1 aliphatic heterocycles. The van der Waals surface area contributed by atoms with Crippen molar-refractivity contribution in [1.82, 2.24) is 4.90 Å². The Morgan fingerprint density at radius 1 is 1.27 bits per heavy atom. The minimum atomic E-state index is 0.337. The average molecular weight is 205 g/mol. The summed E-state index contributed by atoms with van der Waals surface area (Å²) in [6.07, 6.45) is 2.21. The van der Waals surface area contributed by atoms with Gasteiger partial charge in [0, 0.05) is 19.7 Å². The lowest BCUT2D eigenvalue weighted by molar-refractivity contribution is 0.249. The molecule has 0 amide bonds. The number of nitrogens with zero attached hydrogens (tertiary/aromatic N) is 1. The molecule has 1 saturated heterocycles. The van der Waals surface area contributed by atoms with Gasteiger partial charge in [-0.3, -0.25) is 4.90 Å². The van der Waals surface area contributed by atoms with Crippen LogP contribution in [0.2, 0.25) is 0 Å².